The Balaban J connectivity index is 2.22. The first-order valence-electron chi connectivity index (χ1n) is 6.83. The van der Waals surface area contributed by atoms with Gasteiger partial charge in [-0.25, -0.2) is 9.08 Å². The molecule has 0 saturated heterocycles. The lowest BCUT2D eigenvalue weighted by molar-refractivity contribution is 0.414. The molecule has 2 heterocycles. The molecular formula is C15H16N4O2. The summed E-state index contributed by atoms with van der Waals surface area (Å²) in [6.07, 6.45) is 3.20. The summed E-state index contributed by atoms with van der Waals surface area (Å²) < 4.78 is 8.40. The second-order valence-electron chi connectivity index (χ2n) is 4.73. The third kappa shape index (κ3) is 2.29. The monoisotopic (exact) mass is 284 g/mol. The van der Waals surface area contributed by atoms with E-state index in [2.05, 4.69) is 17.0 Å². The van der Waals surface area contributed by atoms with Crippen LogP contribution in [0.4, 0.5) is 0 Å². The van der Waals surface area contributed by atoms with Crippen LogP contribution in [0.2, 0.25) is 0 Å². The number of aromatic nitrogens is 4. The number of methoxy groups -OCH3 is 1. The van der Waals surface area contributed by atoms with Crippen LogP contribution in [-0.4, -0.2) is 26.3 Å². The number of aryl methyl sites for hydroxylation is 1. The van der Waals surface area contributed by atoms with Gasteiger partial charge in [0.15, 0.2) is 0 Å². The lowest BCUT2D eigenvalue weighted by Crippen LogP contribution is -2.22. The highest BCUT2D eigenvalue weighted by Gasteiger charge is 2.11. The lowest BCUT2D eigenvalue weighted by Gasteiger charge is -2.10. The maximum absolute atomic E-state index is 12.4. The quantitative estimate of drug-likeness (QED) is 0.733. The number of hydrogen-bond donors (Lipinski definition) is 0. The van der Waals surface area contributed by atoms with Gasteiger partial charge in [0, 0.05) is 6.07 Å². The number of ether oxygens (including phenoxy) is 1. The molecule has 0 amide bonds. The van der Waals surface area contributed by atoms with Crippen LogP contribution in [0.15, 0.2) is 41.5 Å². The summed E-state index contributed by atoms with van der Waals surface area (Å²) in [7, 11) is 1.61. The summed E-state index contributed by atoms with van der Waals surface area (Å²) in [6.45, 7) is 2.07. The van der Waals surface area contributed by atoms with Crippen LogP contribution < -0.4 is 10.3 Å². The molecule has 0 aliphatic heterocycles. The van der Waals surface area contributed by atoms with E-state index in [0.717, 1.165) is 30.0 Å². The third-order valence-electron chi connectivity index (χ3n) is 3.35. The predicted octanol–water partition coefficient (Wildman–Crippen LogP) is 1.84. The van der Waals surface area contributed by atoms with Gasteiger partial charge in [-0.1, -0.05) is 13.3 Å². The molecule has 3 aromatic rings. The maximum atomic E-state index is 12.4. The Morgan fingerprint density at radius 3 is 2.67 bits per heavy atom. The number of fused-ring (bicyclic) bond motifs is 1. The number of benzene rings is 1. The molecule has 0 bridgehead atoms. The second-order valence-corrected chi connectivity index (χ2v) is 4.73. The van der Waals surface area contributed by atoms with Crippen molar-refractivity contribution in [2.75, 3.05) is 7.11 Å². The van der Waals surface area contributed by atoms with Gasteiger partial charge in [0.1, 0.15) is 12.1 Å². The summed E-state index contributed by atoms with van der Waals surface area (Å²) in [5, 5.41) is 4.22. The Bertz CT molecular complexity index is 818. The van der Waals surface area contributed by atoms with Gasteiger partial charge >= 0.3 is 0 Å². The molecule has 1 aromatic carbocycles. The first-order valence-corrected chi connectivity index (χ1v) is 6.83. The van der Waals surface area contributed by atoms with Crippen LogP contribution in [0.25, 0.3) is 11.5 Å². The number of rotatable bonds is 4. The molecule has 21 heavy (non-hydrogen) atoms. The van der Waals surface area contributed by atoms with Crippen molar-refractivity contribution in [3.63, 3.8) is 0 Å². The Kier molecular flexibility index (Phi) is 3.43. The van der Waals surface area contributed by atoms with Crippen LogP contribution >= 0.6 is 0 Å². The van der Waals surface area contributed by atoms with E-state index in [9.17, 15) is 4.79 Å². The molecule has 0 spiro atoms. The summed E-state index contributed by atoms with van der Waals surface area (Å²) in [5.74, 6) is 1.27. The summed E-state index contributed by atoms with van der Waals surface area (Å²) in [6, 6.07) is 8.90. The molecule has 0 aliphatic rings. The minimum atomic E-state index is -0.107. The number of hydrogen-bond acceptors (Lipinski definition) is 4. The normalized spacial score (nSPS) is 11.0. The van der Waals surface area contributed by atoms with Crippen molar-refractivity contribution in [2.45, 2.75) is 19.8 Å². The zero-order chi connectivity index (χ0) is 14.8. The molecular weight excluding hydrogens is 268 g/mol. The van der Waals surface area contributed by atoms with E-state index < -0.39 is 0 Å². The molecule has 6 nitrogen and oxygen atoms in total. The van der Waals surface area contributed by atoms with E-state index in [1.54, 1.807) is 22.3 Å². The highest BCUT2D eigenvalue weighted by atomic mass is 16.5. The fraction of sp³-hybridized carbons (Fsp3) is 0.267. The minimum absolute atomic E-state index is 0.107. The van der Waals surface area contributed by atoms with Gasteiger partial charge in [0.05, 0.1) is 18.5 Å². The van der Waals surface area contributed by atoms with Crippen molar-refractivity contribution < 1.29 is 4.74 Å². The molecule has 0 fully saturated rings. The van der Waals surface area contributed by atoms with Gasteiger partial charge in [0.25, 0.3) is 5.56 Å². The van der Waals surface area contributed by atoms with Crippen molar-refractivity contribution in [3.05, 3.63) is 52.7 Å². The Morgan fingerprint density at radius 1 is 1.24 bits per heavy atom. The fourth-order valence-corrected chi connectivity index (χ4v) is 2.37. The van der Waals surface area contributed by atoms with Gasteiger partial charge in [-0.15, -0.1) is 0 Å². The van der Waals surface area contributed by atoms with Gasteiger partial charge in [0.2, 0.25) is 5.78 Å². The average molecular weight is 284 g/mol. The van der Waals surface area contributed by atoms with Crippen molar-refractivity contribution in [1.82, 2.24) is 19.2 Å². The molecule has 6 heteroatoms. The Morgan fingerprint density at radius 2 is 2.00 bits per heavy atom. The topological polar surface area (TPSA) is 61.4 Å². The van der Waals surface area contributed by atoms with Crippen LogP contribution in [0.1, 0.15) is 19.0 Å². The smallest absolute Gasteiger partial charge is 0.259 e. The SMILES string of the molecule is CCCc1cc(=O)n(-c2ccc(OC)cc2)c2ncnn12. The lowest BCUT2D eigenvalue weighted by atomic mass is 10.2. The molecule has 0 N–H and O–H groups in total. The number of nitrogens with zero attached hydrogens (tertiary/aromatic N) is 4. The van der Waals surface area contributed by atoms with E-state index in [0.29, 0.717) is 5.78 Å². The van der Waals surface area contributed by atoms with E-state index in [4.69, 9.17) is 4.74 Å². The zero-order valence-electron chi connectivity index (χ0n) is 12.0. The van der Waals surface area contributed by atoms with Crippen molar-refractivity contribution in [2.24, 2.45) is 0 Å². The Labute approximate surface area is 121 Å². The molecule has 0 aliphatic carbocycles. The molecule has 2 aromatic heterocycles. The highest BCUT2D eigenvalue weighted by molar-refractivity contribution is 5.45. The third-order valence-corrected chi connectivity index (χ3v) is 3.35. The molecule has 3 rings (SSSR count). The van der Waals surface area contributed by atoms with Gasteiger partial charge in [-0.05, 0) is 30.7 Å². The predicted molar refractivity (Wildman–Crippen MR) is 79.1 cm³/mol. The van der Waals surface area contributed by atoms with Crippen LogP contribution in [0, 0.1) is 0 Å². The minimum Gasteiger partial charge on any atom is -0.497 e. The molecule has 108 valence electrons. The molecule has 0 atom stereocenters. The Hall–Kier alpha value is -2.63. The fourth-order valence-electron chi connectivity index (χ4n) is 2.37. The largest absolute Gasteiger partial charge is 0.497 e. The van der Waals surface area contributed by atoms with E-state index >= 15 is 0 Å². The molecule has 0 unspecified atom stereocenters. The standard InChI is InChI=1S/C15H16N4O2/c1-3-4-12-9-14(20)18(15-16-10-17-19(12)15)11-5-7-13(21-2)8-6-11/h5-10H,3-4H2,1-2H3. The highest BCUT2D eigenvalue weighted by Crippen LogP contribution is 2.15. The summed E-state index contributed by atoms with van der Waals surface area (Å²) in [4.78, 5) is 16.7. The van der Waals surface area contributed by atoms with Crippen LogP contribution in [-0.2, 0) is 6.42 Å². The zero-order valence-corrected chi connectivity index (χ0v) is 12.0. The van der Waals surface area contributed by atoms with Crippen molar-refractivity contribution >= 4 is 5.78 Å². The molecule has 0 saturated carbocycles. The first-order chi connectivity index (χ1) is 10.2. The van der Waals surface area contributed by atoms with Crippen molar-refractivity contribution in [3.8, 4) is 11.4 Å². The van der Waals surface area contributed by atoms with E-state index in [-0.39, 0.29) is 5.56 Å². The van der Waals surface area contributed by atoms with Crippen LogP contribution in [0.5, 0.6) is 5.75 Å². The van der Waals surface area contributed by atoms with Crippen LogP contribution in [0.3, 0.4) is 0 Å². The van der Waals surface area contributed by atoms with Gasteiger partial charge < -0.3 is 4.74 Å². The van der Waals surface area contributed by atoms with E-state index in [1.165, 1.54) is 6.33 Å². The van der Waals surface area contributed by atoms with Gasteiger partial charge in [-0.2, -0.15) is 10.1 Å². The first kappa shape index (κ1) is 13.4. The average Bonchev–Trinajstić information content (AvgIpc) is 2.97. The second kappa shape index (κ2) is 5.40. The summed E-state index contributed by atoms with van der Waals surface area (Å²) in [5.41, 5.74) is 1.51. The molecule has 0 radical (unpaired) electrons. The summed E-state index contributed by atoms with van der Waals surface area (Å²) >= 11 is 0. The van der Waals surface area contributed by atoms with Crippen molar-refractivity contribution in [1.29, 1.82) is 0 Å². The van der Waals surface area contributed by atoms with E-state index in [1.807, 2.05) is 24.3 Å². The van der Waals surface area contributed by atoms with Gasteiger partial charge in [-0.3, -0.25) is 4.79 Å². The maximum Gasteiger partial charge on any atom is 0.259 e.